The van der Waals surface area contributed by atoms with E-state index >= 15 is 0 Å². The highest BCUT2D eigenvalue weighted by molar-refractivity contribution is 6.09. The van der Waals surface area contributed by atoms with Crippen molar-refractivity contribution in [2.45, 2.75) is 0 Å². The quantitative estimate of drug-likeness (QED) is 0.679. The molecule has 0 radical (unpaired) electrons. The Labute approximate surface area is 114 Å². The third-order valence-electron chi connectivity index (χ3n) is 3.06. The Hall–Kier alpha value is -2.62. The van der Waals surface area contributed by atoms with Crippen molar-refractivity contribution >= 4 is 16.8 Å². The number of ether oxygens (including phenoxy) is 1. The highest BCUT2D eigenvalue weighted by atomic mass is 19.1. The first-order valence-corrected chi connectivity index (χ1v) is 6.06. The number of halogens is 1. The molecular weight excluding hydrogens is 259 g/mol. The number of hydrogen-bond donors (Lipinski definition) is 0. The molecule has 3 rings (SSSR count). The Kier molecular flexibility index (Phi) is 2.99. The normalized spacial score (nSPS) is 10.7. The van der Waals surface area contributed by atoms with Crippen LogP contribution in [-0.4, -0.2) is 12.9 Å². The molecule has 0 fully saturated rings. The van der Waals surface area contributed by atoms with Gasteiger partial charge in [0.25, 0.3) is 0 Å². The molecule has 0 bridgehead atoms. The Morgan fingerprint density at radius 1 is 1.15 bits per heavy atom. The van der Waals surface area contributed by atoms with Crippen molar-refractivity contribution in [3.63, 3.8) is 0 Å². The molecule has 0 saturated heterocycles. The Balaban J connectivity index is 2.06. The van der Waals surface area contributed by atoms with E-state index in [9.17, 15) is 9.18 Å². The maximum atomic E-state index is 12.9. The van der Waals surface area contributed by atoms with Gasteiger partial charge in [-0.25, -0.2) is 4.39 Å². The van der Waals surface area contributed by atoms with Gasteiger partial charge < -0.3 is 9.15 Å². The van der Waals surface area contributed by atoms with Crippen LogP contribution in [0, 0.1) is 5.82 Å². The maximum Gasteiger partial charge on any atom is 0.228 e. The summed E-state index contributed by atoms with van der Waals surface area (Å²) < 4.78 is 23.6. The van der Waals surface area contributed by atoms with Crippen molar-refractivity contribution in [2.75, 3.05) is 7.11 Å². The number of para-hydroxylation sites is 1. The second kappa shape index (κ2) is 4.81. The fourth-order valence-electron chi connectivity index (χ4n) is 2.05. The van der Waals surface area contributed by atoms with E-state index in [2.05, 4.69) is 0 Å². The molecule has 0 aliphatic carbocycles. The van der Waals surface area contributed by atoms with Gasteiger partial charge in [-0.1, -0.05) is 12.1 Å². The molecule has 1 aromatic heterocycles. The fraction of sp³-hybridized carbons (Fsp3) is 0.0625. The Bertz CT molecular complexity index is 772. The number of rotatable bonds is 3. The standard InChI is InChI=1S/C16H11FO3/c1-19-13-4-2-3-11-9-14(20-16(11)13)15(18)10-5-7-12(17)8-6-10/h2-9H,1H3. The lowest BCUT2D eigenvalue weighted by molar-refractivity contribution is 0.101. The average molecular weight is 270 g/mol. The Morgan fingerprint density at radius 3 is 2.60 bits per heavy atom. The smallest absolute Gasteiger partial charge is 0.228 e. The summed E-state index contributed by atoms with van der Waals surface area (Å²) in [6, 6.07) is 12.4. The molecule has 2 aromatic carbocycles. The molecule has 1 heterocycles. The summed E-state index contributed by atoms with van der Waals surface area (Å²) >= 11 is 0. The van der Waals surface area contributed by atoms with Gasteiger partial charge in [-0.3, -0.25) is 4.79 Å². The number of carbonyl (C=O) groups excluding carboxylic acids is 1. The zero-order chi connectivity index (χ0) is 14.1. The first-order chi connectivity index (χ1) is 9.69. The summed E-state index contributed by atoms with van der Waals surface area (Å²) in [5, 5.41) is 0.787. The molecule has 0 unspecified atom stereocenters. The summed E-state index contributed by atoms with van der Waals surface area (Å²) in [5.74, 6) is 0.104. The van der Waals surface area contributed by atoms with E-state index in [1.54, 1.807) is 19.2 Å². The molecule has 100 valence electrons. The summed E-state index contributed by atoms with van der Waals surface area (Å²) in [7, 11) is 1.54. The lowest BCUT2D eigenvalue weighted by Gasteiger charge is -1.99. The van der Waals surface area contributed by atoms with E-state index in [1.165, 1.54) is 24.3 Å². The van der Waals surface area contributed by atoms with Gasteiger partial charge in [0.05, 0.1) is 7.11 Å². The van der Waals surface area contributed by atoms with Crippen LogP contribution in [0.3, 0.4) is 0 Å². The van der Waals surface area contributed by atoms with Crippen molar-refractivity contribution < 1.29 is 18.3 Å². The van der Waals surface area contributed by atoms with Crippen LogP contribution in [0.1, 0.15) is 16.1 Å². The monoisotopic (exact) mass is 270 g/mol. The van der Waals surface area contributed by atoms with Crippen LogP contribution in [0.25, 0.3) is 11.0 Å². The van der Waals surface area contributed by atoms with E-state index in [1.807, 2.05) is 12.1 Å². The SMILES string of the molecule is COc1cccc2cc(C(=O)c3ccc(F)cc3)oc12. The molecule has 0 spiro atoms. The molecule has 20 heavy (non-hydrogen) atoms. The van der Waals surface area contributed by atoms with Crippen molar-refractivity contribution in [1.29, 1.82) is 0 Å². The third kappa shape index (κ3) is 2.05. The number of benzene rings is 2. The minimum Gasteiger partial charge on any atom is -0.493 e. The molecule has 0 N–H and O–H groups in total. The fourth-order valence-corrected chi connectivity index (χ4v) is 2.05. The maximum absolute atomic E-state index is 12.9. The van der Waals surface area contributed by atoms with E-state index < -0.39 is 0 Å². The predicted molar refractivity (Wildman–Crippen MR) is 72.6 cm³/mol. The van der Waals surface area contributed by atoms with Crippen molar-refractivity contribution in [3.05, 3.63) is 65.7 Å². The van der Waals surface area contributed by atoms with Gasteiger partial charge >= 0.3 is 0 Å². The first-order valence-electron chi connectivity index (χ1n) is 6.06. The van der Waals surface area contributed by atoms with Crippen LogP contribution in [0.5, 0.6) is 5.75 Å². The predicted octanol–water partition coefficient (Wildman–Crippen LogP) is 3.81. The van der Waals surface area contributed by atoms with Crippen molar-refractivity contribution in [2.24, 2.45) is 0 Å². The molecule has 0 aliphatic heterocycles. The molecule has 0 amide bonds. The highest BCUT2D eigenvalue weighted by Crippen LogP contribution is 2.29. The molecule has 3 aromatic rings. The molecule has 0 aliphatic rings. The minimum absolute atomic E-state index is 0.205. The average Bonchev–Trinajstić information content (AvgIpc) is 2.91. The van der Waals surface area contributed by atoms with Crippen molar-refractivity contribution in [1.82, 2.24) is 0 Å². The van der Waals surface area contributed by atoms with Gasteiger partial charge in [0.2, 0.25) is 5.78 Å². The first kappa shape index (κ1) is 12.4. The zero-order valence-corrected chi connectivity index (χ0v) is 10.7. The second-order valence-corrected chi connectivity index (χ2v) is 4.33. The number of ketones is 1. The van der Waals surface area contributed by atoms with Gasteiger partial charge in [-0.15, -0.1) is 0 Å². The van der Waals surface area contributed by atoms with Crippen molar-refractivity contribution in [3.8, 4) is 5.75 Å². The summed E-state index contributed by atoms with van der Waals surface area (Å²) in [6.07, 6.45) is 0. The Morgan fingerprint density at radius 2 is 1.90 bits per heavy atom. The van der Waals surface area contributed by atoms with Gasteiger partial charge in [0.1, 0.15) is 5.82 Å². The van der Waals surface area contributed by atoms with E-state index in [0.717, 1.165) is 5.39 Å². The van der Waals surface area contributed by atoms with Crippen LogP contribution in [0.15, 0.2) is 52.9 Å². The largest absolute Gasteiger partial charge is 0.493 e. The van der Waals surface area contributed by atoms with E-state index in [-0.39, 0.29) is 17.4 Å². The summed E-state index contributed by atoms with van der Waals surface area (Å²) in [4.78, 5) is 12.3. The second-order valence-electron chi connectivity index (χ2n) is 4.33. The van der Waals surface area contributed by atoms with Gasteiger partial charge in [-0.2, -0.15) is 0 Å². The van der Waals surface area contributed by atoms with Gasteiger partial charge in [0.15, 0.2) is 17.1 Å². The lowest BCUT2D eigenvalue weighted by Crippen LogP contribution is -1.99. The highest BCUT2D eigenvalue weighted by Gasteiger charge is 2.16. The number of fused-ring (bicyclic) bond motifs is 1. The summed E-state index contributed by atoms with van der Waals surface area (Å²) in [6.45, 7) is 0. The van der Waals surface area contributed by atoms with Gasteiger partial charge in [-0.05, 0) is 36.4 Å². The molecule has 3 nitrogen and oxygen atoms in total. The van der Waals surface area contributed by atoms with Crippen LogP contribution in [0.4, 0.5) is 4.39 Å². The van der Waals surface area contributed by atoms with Crippen LogP contribution >= 0.6 is 0 Å². The molecule has 0 saturated carbocycles. The number of furan rings is 1. The van der Waals surface area contributed by atoms with E-state index in [0.29, 0.717) is 16.9 Å². The molecule has 0 atom stereocenters. The summed E-state index contributed by atoms with van der Waals surface area (Å²) in [5.41, 5.74) is 0.907. The number of carbonyl (C=O) groups is 1. The van der Waals surface area contributed by atoms with Gasteiger partial charge in [0, 0.05) is 10.9 Å². The number of hydrogen-bond acceptors (Lipinski definition) is 3. The molecular formula is C16H11FO3. The topological polar surface area (TPSA) is 39.4 Å². The lowest BCUT2D eigenvalue weighted by atomic mass is 10.1. The number of methoxy groups -OCH3 is 1. The van der Waals surface area contributed by atoms with E-state index in [4.69, 9.17) is 9.15 Å². The minimum atomic E-state index is -0.382. The van der Waals surface area contributed by atoms with Crippen LogP contribution < -0.4 is 4.74 Å². The van der Waals surface area contributed by atoms with Crippen LogP contribution in [0.2, 0.25) is 0 Å². The molecule has 4 heteroatoms. The van der Waals surface area contributed by atoms with Crippen LogP contribution in [-0.2, 0) is 0 Å². The third-order valence-corrected chi connectivity index (χ3v) is 3.06. The zero-order valence-electron chi connectivity index (χ0n) is 10.7.